The molecule has 31 heavy (non-hydrogen) atoms. The van der Waals surface area contributed by atoms with Gasteiger partial charge in [0.25, 0.3) is 5.91 Å². The number of amides is 2. The molecule has 1 aliphatic heterocycles. The molecule has 6 nitrogen and oxygen atoms in total. The fourth-order valence-corrected chi connectivity index (χ4v) is 4.71. The maximum atomic E-state index is 12.7. The van der Waals surface area contributed by atoms with Crippen molar-refractivity contribution in [2.24, 2.45) is 0 Å². The summed E-state index contributed by atoms with van der Waals surface area (Å²) in [4.78, 5) is 26.9. The number of furan rings is 1. The first-order valence-electron chi connectivity index (χ1n) is 10.0. The Kier molecular flexibility index (Phi) is 6.32. The predicted octanol–water partition coefficient (Wildman–Crippen LogP) is 4.55. The molecule has 0 bridgehead atoms. The molecule has 0 spiro atoms. The molecule has 1 aliphatic rings. The molecule has 1 fully saturated rings. The number of carbonyl (C=O) groups is 2. The largest absolute Gasteiger partial charge is 0.497 e. The van der Waals surface area contributed by atoms with Crippen LogP contribution >= 0.6 is 11.8 Å². The molecule has 1 aromatic heterocycles. The van der Waals surface area contributed by atoms with Crippen molar-refractivity contribution >= 4 is 23.6 Å². The van der Waals surface area contributed by atoms with Crippen molar-refractivity contribution < 1.29 is 18.7 Å². The molecule has 4 rings (SSSR count). The van der Waals surface area contributed by atoms with Crippen molar-refractivity contribution in [3.63, 3.8) is 0 Å². The van der Waals surface area contributed by atoms with Gasteiger partial charge in [-0.05, 0) is 54.4 Å². The minimum atomic E-state index is -0.141. The molecule has 2 atom stereocenters. The highest BCUT2D eigenvalue weighted by molar-refractivity contribution is 8.00. The molecule has 0 aliphatic carbocycles. The minimum Gasteiger partial charge on any atom is -0.497 e. The first-order valence-corrected chi connectivity index (χ1v) is 11.1. The number of nitrogens with zero attached hydrogens (tertiary/aromatic N) is 1. The van der Waals surface area contributed by atoms with Gasteiger partial charge in [0.15, 0.2) is 0 Å². The zero-order valence-corrected chi connectivity index (χ0v) is 18.2. The van der Waals surface area contributed by atoms with Gasteiger partial charge in [-0.2, -0.15) is 0 Å². The average Bonchev–Trinajstić information content (AvgIpc) is 3.44. The second-order valence-electron chi connectivity index (χ2n) is 7.35. The third-order valence-electron chi connectivity index (χ3n) is 5.30. The van der Waals surface area contributed by atoms with Crippen molar-refractivity contribution in [1.82, 2.24) is 10.2 Å². The van der Waals surface area contributed by atoms with Crippen LogP contribution in [0.5, 0.6) is 5.75 Å². The summed E-state index contributed by atoms with van der Waals surface area (Å²) in [5, 5.41) is 2.93. The molecule has 0 saturated carbocycles. The van der Waals surface area contributed by atoms with Crippen LogP contribution in [-0.2, 0) is 11.3 Å². The van der Waals surface area contributed by atoms with Gasteiger partial charge in [0, 0.05) is 5.56 Å². The van der Waals surface area contributed by atoms with Crippen molar-refractivity contribution in [1.29, 1.82) is 0 Å². The van der Waals surface area contributed by atoms with E-state index in [1.807, 2.05) is 60.4 Å². The number of ether oxygens (including phenoxy) is 1. The lowest BCUT2D eigenvalue weighted by Gasteiger charge is -2.23. The Bertz CT molecular complexity index is 1030. The van der Waals surface area contributed by atoms with Gasteiger partial charge in [-0.3, -0.25) is 9.59 Å². The average molecular weight is 437 g/mol. The Hall–Kier alpha value is -3.19. The predicted molar refractivity (Wildman–Crippen MR) is 120 cm³/mol. The lowest BCUT2D eigenvalue weighted by atomic mass is 10.1. The Balaban J connectivity index is 1.42. The number of benzene rings is 2. The number of carbonyl (C=O) groups excluding carboxylic acids is 2. The molecule has 1 saturated heterocycles. The Morgan fingerprint density at radius 1 is 1.19 bits per heavy atom. The van der Waals surface area contributed by atoms with Crippen LogP contribution in [0.15, 0.2) is 71.3 Å². The van der Waals surface area contributed by atoms with Gasteiger partial charge >= 0.3 is 0 Å². The van der Waals surface area contributed by atoms with Gasteiger partial charge in [-0.15, -0.1) is 11.8 Å². The van der Waals surface area contributed by atoms with E-state index >= 15 is 0 Å². The third-order valence-corrected chi connectivity index (χ3v) is 6.55. The molecule has 0 radical (unpaired) electrons. The number of methoxy groups -OCH3 is 1. The number of rotatable bonds is 7. The van der Waals surface area contributed by atoms with E-state index in [0.717, 1.165) is 22.6 Å². The summed E-state index contributed by atoms with van der Waals surface area (Å²) in [5.74, 6) is 1.91. The maximum absolute atomic E-state index is 12.7. The number of hydrogen-bond donors (Lipinski definition) is 1. The van der Waals surface area contributed by atoms with E-state index in [1.165, 1.54) is 0 Å². The molecule has 3 aromatic rings. The third kappa shape index (κ3) is 4.77. The van der Waals surface area contributed by atoms with Gasteiger partial charge in [0.1, 0.15) is 16.9 Å². The molecule has 7 heteroatoms. The highest BCUT2D eigenvalue weighted by Gasteiger charge is 2.33. The van der Waals surface area contributed by atoms with Crippen LogP contribution in [0, 0.1) is 0 Å². The normalized spacial score (nSPS) is 16.9. The van der Waals surface area contributed by atoms with Crippen molar-refractivity contribution in [3.8, 4) is 5.75 Å². The van der Waals surface area contributed by atoms with Crippen LogP contribution in [0.25, 0.3) is 0 Å². The Labute approximate surface area is 185 Å². The molecule has 2 heterocycles. The summed E-state index contributed by atoms with van der Waals surface area (Å²) < 4.78 is 10.6. The summed E-state index contributed by atoms with van der Waals surface area (Å²) in [6.45, 7) is 2.38. The molecule has 1 N–H and O–H groups in total. The summed E-state index contributed by atoms with van der Waals surface area (Å²) in [6.07, 6.45) is 1.61. The molecular weight excluding hydrogens is 412 g/mol. The molecule has 2 amide bonds. The van der Waals surface area contributed by atoms with Crippen molar-refractivity contribution in [2.45, 2.75) is 24.9 Å². The van der Waals surface area contributed by atoms with Gasteiger partial charge in [-0.1, -0.05) is 24.3 Å². The number of nitrogens with one attached hydrogen (secondary N) is 1. The fourth-order valence-electron chi connectivity index (χ4n) is 3.53. The second-order valence-corrected chi connectivity index (χ2v) is 8.42. The molecule has 2 aromatic carbocycles. The van der Waals surface area contributed by atoms with Crippen LogP contribution < -0.4 is 10.1 Å². The number of thioether (sulfide) groups is 1. The smallest absolute Gasteiger partial charge is 0.251 e. The summed E-state index contributed by atoms with van der Waals surface area (Å²) in [6, 6.07) is 18.6. The topological polar surface area (TPSA) is 71.8 Å². The lowest BCUT2D eigenvalue weighted by Crippen LogP contribution is -2.28. The van der Waals surface area contributed by atoms with Gasteiger partial charge < -0.3 is 19.4 Å². The van der Waals surface area contributed by atoms with E-state index in [2.05, 4.69) is 5.32 Å². The zero-order chi connectivity index (χ0) is 21.8. The van der Waals surface area contributed by atoms with E-state index in [1.54, 1.807) is 37.3 Å². The van der Waals surface area contributed by atoms with Crippen LogP contribution in [0.3, 0.4) is 0 Å². The van der Waals surface area contributed by atoms with Crippen LogP contribution in [0.4, 0.5) is 0 Å². The standard InChI is InChI=1S/C24H24N2O4S/c1-16(17-9-11-20(29-2)12-10-17)25-23(28)18-5-7-19(8-6-18)24-26(22(27)15-31-24)14-21-4-3-13-30-21/h3-13,16,24H,14-15H2,1-2H3,(H,25,28)/t16-,24+/m1/s1. The first kappa shape index (κ1) is 21.1. The molecule has 0 unspecified atom stereocenters. The first-order chi connectivity index (χ1) is 15.0. The lowest BCUT2D eigenvalue weighted by molar-refractivity contribution is -0.128. The summed E-state index contributed by atoms with van der Waals surface area (Å²) in [7, 11) is 1.63. The van der Waals surface area contributed by atoms with Gasteiger partial charge in [-0.25, -0.2) is 0 Å². The van der Waals surface area contributed by atoms with Gasteiger partial charge in [0.05, 0.1) is 31.7 Å². The SMILES string of the molecule is COc1ccc([C@@H](C)NC(=O)c2ccc([C@@H]3SCC(=O)N3Cc3ccco3)cc2)cc1. The number of hydrogen-bond acceptors (Lipinski definition) is 5. The van der Waals surface area contributed by atoms with Gasteiger partial charge in [0.2, 0.25) is 5.91 Å². The van der Waals surface area contributed by atoms with E-state index in [-0.39, 0.29) is 23.2 Å². The van der Waals surface area contributed by atoms with Crippen LogP contribution in [-0.4, -0.2) is 29.6 Å². The zero-order valence-electron chi connectivity index (χ0n) is 17.4. The fraction of sp³-hybridized carbons (Fsp3) is 0.250. The van der Waals surface area contributed by atoms with Crippen LogP contribution in [0.1, 0.15) is 45.6 Å². The van der Waals surface area contributed by atoms with E-state index in [4.69, 9.17) is 9.15 Å². The maximum Gasteiger partial charge on any atom is 0.251 e. The molecule has 160 valence electrons. The quantitative estimate of drug-likeness (QED) is 0.588. The Morgan fingerprint density at radius 3 is 2.58 bits per heavy atom. The highest BCUT2D eigenvalue weighted by atomic mass is 32.2. The van der Waals surface area contributed by atoms with E-state index in [9.17, 15) is 9.59 Å². The monoisotopic (exact) mass is 436 g/mol. The molecular formula is C24H24N2O4S. The minimum absolute atomic E-state index is 0.0848. The summed E-state index contributed by atoms with van der Waals surface area (Å²) in [5.41, 5.74) is 2.57. The van der Waals surface area contributed by atoms with Crippen molar-refractivity contribution in [2.75, 3.05) is 12.9 Å². The van der Waals surface area contributed by atoms with Crippen LogP contribution in [0.2, 0.25) is 0 Å². The van der Waals surface area contributed by atoms with E-state index < -0.39 is 0 Å². The second kappa shape index (κ2) is 9.31. The highest BCUT2D eigenvalue weighted by Crippen LogP contribution is 2.39. The van der Waals surface area contributed by atoms with E-state index in [0.29, 0.717) is 17.9 Å². The van der Waals surface area contributed by atoms with Crippen molar-refractivity contribution in [3.05, 3.63) is 89.4 Å². The Morgan fingerprint density at radius 2 is 1.94 bits per heavy atom. The summed E-state index contributed by atoms with van der Waals surface area (Å²) >= 11 is 1.58.